The van der Waals surface area contributed by atoms with Gasteiger partial charge in [0.2, 0.25) is 0 Å². The molecule has 0 aromatic rings. The van der Waals surface area contributed by atoms with Crippen molar-refractivity contribution in [2.24, 2.45) is 5.92 Å². The van der Waals surface area contributed by atoms with Gasteiger partial charge in [0.25, 0.3) is 0 Å². The average molecular weight is 197 g/mol. The molecule has 11 heavy (non-hydrogen) atoms. The molecular weight excluding hydrogens is 183 g/mol. The second-order valence-electron chi connectivity index (χ2n) is 3.04. The molecule has 0 radical (unpaired) electrons. The molecule has 0 aromatic heterocycles. The number of aldehydes is 1. The van der Waals surface area contributed by atoms with Crippen molar-refractivity contribution in [1.82, 2.24) is 0 Å². The maximum atomic E-state index is 10.6. The van der Waals surface area contributed by atoms with E-state index in [1.54, 1.807) is 0 Å². The highest BCUT2D eigenvalue weighted by Crippen LogP contribution is 2.30. The molecule has 0 fully saturated rings. The van der Waals surface area contributed by atoms with Crippen LogP contribution in [0.3, 0.4) is 0 Å². The van der Waals surface area contributed by atoms with Crippen molar-refractivity contribution in [3.63, 3.8) is 0 Å². The van der Waals surface area contributed by atoms with E-state index in [1.165, 1.54) is 0 Å². The highest BCUT2D eigenvalue weighted by atomic mass is 35.5. The maximum Gasteiger partial charge on any atom is 0.142 e. The molecule has 0 N–H and O–H groups in total. The van der Waals surface area contributed by atoms with E-state index in [4.69, 9.17) is 23.2 Å². The Labute approximate surface area is 78.1 Å². The quantitative estimate of drug-likeness (QED) is 0.500. The van der Waals surface area contributed by atoms with Crippen LogP contribution in [-0.4, -0.2) is 16.5 Å². The minimum atomic E-state index is -0.879. The first kappa shape index (κ1) is 11.2. The van der Waals surface area contributed by atoms with Crippen LogP contribution in [0.1, 0.15) is 27.2 Å². The summed E-state index contributed by atoms with van der Waals surface area (Å²) in [4.78, 5) is 9.71. The summed E-state index contributed by atoms with van der Waals surface area (Å²) in [5.74, 6) is 0.222. The van der Waals surface area contributed by atoms with Crippen LogP contribution in [-0.2, 0) is 4.79 Å². The minimum Gasteiger partial charge on any atom is -0.301 e. The Morgan fingerprint density at radius 3 is 2.09 bits per heavy atom. The average Bonchev–Trinajstić information content (AvgIpc) is 2.01. The molecule has 2 atom stereocenters. The molecular formula is C8H14Cl2O. The summed E-state index contributed by atoms with van der Waals surface area (Å²) in [6.07, 6.45) is 1.32. The molecule has 0 saturated heterocycles. The van der Waals surface area contributed by atoms with E-state index in [0.29, 0.717) is 6.42 Å². The fourth-order valence-electron chi connectivity index (χ4n) is 0.897. The van der Waals surface area contributed by atoms with Gasteiger partial charge >= 0.3 is 0 Å². The standard InChI is InChI=1S/C8H14Cl2O/c1-4-8(10,5-11)7(9)6(2)3/h5-7H,4H2,1-3H3/t7-,8+/m0/s1. The summed E-state index contributed by atoms with van der Waals surface area (Å²) < 4.78 is 0. The molecule has 1 nitrogen and oxygen atoms in total. The largest absolute Gasteiger partial charge is 0.301 e. The number of hydrogen-bond donors (Lipinski definition) is 0. The number of hydrogen-bond acceptors (Lipinski definition) is 1. The molecule has 0 aliphatic carbocycles. The Morgan fingerprint density at radius 2 is 2.00 bits per heavy atom. The van der Waals surface area contributed by atoms with Gasteiger partial charge in [-0.3, -0.25) is 0 Å². The third-order valence-corrected chi connectivity index (χ3v) is 3.38. The Hall–Kier alpha value is 0.250. The second-order valence-corrected chi connectivity index (χ2v) is 4.22. The van der Waals surface area contributed by atoms with E-state index in [2.05, 4.69) is 0 Å². The molecule has 66 valence electrons. The summed E-state index contributed by atoms with van der Waals surface area (Å²) >= 11 is 11.9. The Kier molecular flexibility index (Phi) is 4.42. The van der Waals surface area contributed by atoms with Gasteiger partial charge in [-0.05, 0) is 12.3 Å². The number of alkyl halides is 2. The maximum absolute atomic E-state index is 10.6. The topological polar surface area (TPSA) is 17.1 Å². The molecule has 0 bridgehead atoms. The lowest BCUT2D eigenvalue weighted by molar-refractivity contribution is -0.110. The van der Waals surface area contributed by atoms with Crippen molar-refractivity contribution >= 4 is 29.5 Å². The van der Waals surface area contributed by atoms with Crippen molar-refractivity contribution in [1.29, 1.82) is 0 Å². The Bertz CT molecular complexity index is 136. The van der Waals surface area contributed by atoms with E-state index in [9.17, 15) is 4.79 Å². The van der Waals surface area contributed by atoms with Crippen molar-refractivity contribution in [3.8, 4) is 0 Å². The van der Waals surface area contributed by atoms with E-state index in [0.717, 1.165) is 6.29 Å². The fraction of sp³-hybridized carbons (Fsp3) is 0.875. The van der Waals surface area contributed by atoms with Crippen LogP contribution >= 0.6 is 23.2 Å². The molecule has 0 amide bonds. The zero-order valence-electron chi connectivity index (χ0n) is 7.10. The van der Waals surface area contributed by atoms with Gasteiger partial charge in [0.05, 0.1) is 5.38 Å². The number of carbonyl (C=O) groups is 1. The summed E-state index contributed by atoms with van der Waals surface area (Å²) in [5, 5.41) is -0.285. The number of carbonyl (C=O) groups excluding carboxylic acids is 1. The van der Waals surface area contributed by atoms with Crippen LogP contribution < -0.4 is 0 Å². The zero-order chi connectivity index (χ0) is 9.07. The Balaban J connectivity index is 4.36. The minimum absolute atomic E-state index is 0.222. The lowest BCUT2D eigenvalue weighted by Crippen LogP contribution is -2.37. The summed E-state index contributed by atoms with van der Waals surface area (Å²) in [6.45, 7) is 5.76. The molecule has 0 rings (SSSR count). The highest BCUT2D eigenvalue weighted by Gasteiger charge is 2.35. The van der Waals surface area contributed by atoms with Crippen LogP contribution in [0.25, 0.3) is 0 Å². The lowest BCUT2D eigenvalue weighted by Gasteiger charge is -2.27. The summed E-state index contributed by atoms with van der Waals surface area (Å²) in [5.41, 5.74) is 0. The first-order valence-electron chi connectivity index (χ1n) is 3.77. The van der Waals surface area contributed by atoms with Gasteiger partial charge in [0.1, 0.15) is 11.2 Å². The van der Waals surface area contributed by atoms with Crippen LogP contribution in [0.5, 0.6) is 0 Å². The van der Waals surface area contributed by atoms with Crippen molar-refractivity contribution in [3.05, 3.63) is 0 Å². The smallest absolute Gasteiger partial charge is 0.142 e. The third kappa shape index (κ3) is 2.64. The summed E-state index contributed by atoms with van der Waals surface area (Å²) in [7, 11) is 0. The summed E-state index contributed by atoms with van der Waals surface area (Å²) in [6, 6.07) is 0. The van der Waals surface area contributed by atoms with E-state index in [1.807, 2.05) is 20.8 Å². The molecule has 0 heterocycles. The van der Waals surface area contributed by atoms with Crippen molar-refractivity contribution in [2.45, 2.75) is 37.4 Å². The van der Waals surface area contributed by atoms with Gasteiger partial charge < -0.3 is 4.79 Å². The molecule has 0 aliphatic heterocycles. The van der Waals surface area contributed by atoms with Gasteiger partial charge in [-0.15, -0.1) is 23.2 Å². The Morgan fingerprint density at radius 1 is 1.55 bits per heavy atom. The van der Waals surface area contributed by atoms with Crippen LogP contribution in [0.4, 0.5) is 0 Å². The molecule has 3 heteroatoms. The first-order valence-corrected chi connectivity index (χ1v) is 4.58. The normalized spacial score (nSPS) is 19.5. The van der Waals surface area contributed by atoms with E-state index < -0.39 is 4.87 Å². The van der Waals surface area contributed by atoms with Gasteiger partial charge in [-0.25, -0.2) is 0 Å². The van der Waals surface area contributed by atoms with Crippen LogP contribution in [0.15, 0.2) is 0 Å². The molecule has 0 saturated carbocycles. The van der Waals surface area contributed by atoms with Crippen molar-refractivity contribution in [2.75, 3.05) is 0 Å². The van der Waals surface area contributed by atoms with Crippen LogP contribution in [0.2, 0.25) is 0 Å². The van der Waals surface area contributed by atoms with Crippen molar-refractivity contribution < 1.29 is 4.79 Å². The first-order chi connectivity index (χ1) is 4.98. The monoisotopic (exact) mass is 196 g/mol. The predicted octanol–water partition coefficient (Wildman–Crippen LogP) is 2.84. The van der Waals surface area contributed by atoms with Gasteiger partial charge in [-0.2, -0.15) is 0 Å². The third-order valence-electron chi connectivity index (χ3n) is 1.78. The van der Waals surface area contributed by atoms with Crippen LogP contribution in [0, 0.1) is 5.92 Å². The number of rotatable bonds is 4. The lowest BCUT2D eigenvalue weighted by atomic mass is 9.94. The SMILES string of the molecule is CC[C@@](Cl)(C=O)[C@@H](Cl)C(C)C. The van der Waals surface area contributed by atoms with E-state index in [-0.39, 0.29) is 11.3 Å². The van der Waals surface area contributed by atoms with E-state index >= 15 is 0 Å². The molecule has 0 spiro atoms. The highest BCUT2D eigenvalue weighted by molar-refractivity contribution is 6.38. The van der Waals surface area contributed by atoms with Gasteiger partial charge in [0.15, 0.2) is 0 Å². The number of halogens is 2. The predicted molar refractivity (Wildman–Crippen MR) is 49.4 cm³/mol. The molecule has 0 aromatic carbocycles. The second kappa shape index (κ2) is 4.32. The van der Waals surface area contributed by atoms with Gasteiger partial charge in [-0.1, -0.05) is 20.8 Å². The fourth-order valence-corrected chi connectivity index (χ4v) is 1.36. The zero-order valence-corrected chi connectivity index (χ0v) is 8.62. The molecule has 0 aliphatic rings. The molecule has 0 unspecified atom stereocenters. The van der Waals surface area contributed by atoms with Gasteiger partial charge in [0, 0.05) is 0 Å².